The van der Waals surface area contributed by atoms with Crippen LogP contribution in [0, 0.1) is 5.92 Å². The maximum absolute atomic E-state index is 11.6. The summed E-state index contributed by atoms with van der Waals surface area (Å²) in [7, 11) is 0. The zero-order valence-corrected chi connectivity index (χ0v) is 14.6. The summed E-state index contributed by atoms with van der Waals surface area (Å²) < 4.78 is 2.36. The van der Waals surface area contributed by atoms with Crippen molar-refractivity contribution in [2.75, 3.05) is 6.54 Å². The summed E-state index contributed by atoms with van der Waals surface area (Å²) >= 11 is 0. The predicted octanol–water partition coefficient (Wildman–Crippen LogP) is 3.93. The molecule has 126 valence electrons. The van der Waals surface area contributed by atoms with Crippen molar-refractivity contribution in [3.63, 3.8) is 0 Å². The first kappa shape index (κ1) is 17.5. The molecule has 0 fully saturated rings. The Kier molecular flexibility index (Phi) is 6.63. The number of hydrogen-bond donors (Lipinski definition) is 1. The molecular formula is C19H29N3O. The van der Waals surface area contributed by atoms with Gasteiger partial charge in [-0.2, -0.15) is 0 Å². The quantitative estimate of drug-likeness (QED) is 0.713. The molecule has 1 aromatic heterocycles. The highest BCUT2D eigenvalue weighted by Gasteiger charge is 2.10. The number of unbranched alkanes of at least 4 members (excludes halogenated alkanes) is 2. The van der Waals surface area contributed by atoms with Crippen LogP contribution in [0.3, 0.4) is 0 Å². The van der Waals surface area contributed by atoms with Crippen LogP contribution >= 0.6 is 0 Å². The lowest BCUT2D eigenvalue weighted by Crippen LogP contribution is -2.28. The lowest BCUT2D eigenvalue weighted by Gasteiger charge is -2.10. The molecule has 2 aromatic rings. The molecule has 0 aliphatic rings. The van der Waals surface area contributed by atoms with Crippen molar-refractivity contribution in [1.29, 1.82) is 0 Å². The van der Waals surface area contributed by atoms with Crippen LogP contribution in [0.5, 0.6) is 0 Å². The highest BCUT2D eigenvalue weighted by atomic mass is 16.1. The Morgan fingerprint density at radius 2 is 2.00 bits per heavy atom. The van der Waals surface area contributed by atoms with Gasteiger partial charge in [0.25, 0.3) is 0 Å². The van der Waals surface area contributed by atoms with E-state index in [-0.39, 0.29) is 11.8 Å². The van der Waals surface area contributed by atoms with E-state index < -0.39 is 0 Å². The normalized spacial score (nSPS) is 11.3. The molecule has 1 amide bonds. The summed E-state index contributed by atoms with van der Waals surface area (Å²) in [6, 6.07) is 8.35. The second-order valence-electron chi connectivity index (χ2n) is 6.42. The van der Waals surface area contributed by atoms with Crippen LogP contribution in [0.4, 0.5) is 0 Å². The summed E-state index contributed by atoms with van der Waals surface area (Å²) in [6.45, 7) is 7.81. The van der Waals surface area contributed by atoms with E-state index in [2.05, 4.69) is 35.0 Å². The SMILES string of the molecule is CCCCCn1c(CCCNC(=O)C(C)C)nc2ccccc21. The van der Waals surface area contributed by atoms with E-state index in [1.54, 1.807) is 0 Å². The lowest BCUT2D eigenvalue weighted by molar-refractivity contribution is -0.123. The number of nitrogens with zero attached hydrogens (tertiary/aromatic N) is 2. The Morgan fingerprint density at radius 3 is 2.74 bits per heavy atom. The van der Waals surface area contributed by atoms with Gasteiger partial charge in [-0.3, -0.25) is 4.79 Å². The molecule has 2 rings (SSSR count). The van der Waals surface area contributed by atoms with Gasteiger partial charge in [-0.05, 0) is 25.0 Å². The Bertz CT molecular complexity index is 631. The summed E-state index contributed by atoms with van der Waals surface area (Å²) in [6.07, 6.45) is 5.49. The number of rotatable bonds is 9. The Labute approximate surface area is 139 Å². The van der Waals surface area contributed by atoms with Crippen molar-refractivity contribution in [3.05, 3.63) is 30.1 Å². The average molecular weight is 315 g/mol. The number of imidazole rings is 1. The van der Waals surface area contributed by atoms with Crippen LogP contribution in [-0.2, 0) is 17.8 Å². The van der Waals surface area contributed by atoms with Gasteiger partial charge in [-0.1, -0.05) is 45.7 Å². The minimum Gasteiger partial charge on any atom is -0.356 e. The van der Waals surface area contributed by atoms with Crippen molar-refractivity contribution in [2.45, 2.75) is 59.4 Å². The second-order valence-corrected chi connectivity index (χ2v) is 6.42. The van der Waals surface area contributed by atoms with E-state index in [0.717, 1.165) is 37.3 Å². The molecule has 0 spiro atoms. The number of fused-ring (bicyclic) bond motifs is 1. The van der Waals surface area contributed by atoms with Crippen LogP contribution in [0.2, 0.25) is 0 Å². The molecule has 0 aliphatic heterocycles. The van der Waals surface area contributed by atoms with Gasteiger partial charge in [0.2, 0.25) is 5.91 Å². The molecule has 0 unspecified atom stereocenters. The van der Waals surface area contributed by atoms with Gasteiger partial charge >= 0.3 is 0 Å². The van der Waals surface area contributed by atoms with Gasteiger partial charge in [0.15, 0.2) is 0 Å². The van der Waals surface area contributed by atoms with Crippen LogP contribution in [0.15, 0.2) is 24.3 Å². The number of hydrogen-bond acceptors (Lipinski definition) is 2. The van der Waals surface area contributed by atoms with E-state index in [1.165, 1.54) is 24.8 Å². The first-order chi connectivity index (χ1) is 11.1. The Hall–Kier alpha value is -1.84. The van der Waals surface area contributed by atoms with E-state index in [0.29, 0.717) is 0 Å². The van der Waals surface area contributed by atoms with E-state index in [1.807, 2.05) is 19.9 Å². The number of carbonyl (C=O) groups is 1. The number of para-hydroxylation sites is 2. The summed E-state index contributed by atoms with van der Waals surface area (Å²) in [5, 5.41) is 2.98. The molecule has 4 nitrogen and oxygen atoms in total. The number of carbonyl (C=O) groups excluding carboxylic acids is 1. The highest BCUT2D eigenvalue weighted by Crippen LogP contribution is 2.18. The molecule has 0 saturated heterocycles. The standard InChI is InChI=1S/C19H29N3O/c1-4-5-8-14-22-17-11-7-6-10-16(17)21-18(22)12-9-13-20-19(23)15(2)3/h6-7,10-11,15H,4-5,8-9,12-14H2,1-3H3,(H,20,23). The third-order valence-electron chi connectivity index (χ3n) is 4.12. The van der Waals surface area contributed by atoms with Crippen LogP contribution < -0.4 is 5.32 Å². The van der Waals surface area contributed by atoms with Gasteiger partial charge < -0.3 is 9.88 Å². The molecular weight excluding hydrogens is 286 g/mol. The molecule has 23 heavy (non-hydrogen) atoms. The topological polar surface area (TPSA) is 46.9 Å². The summed E-state index contributed by atoms with van der Waals surface area (Å²) in [4.78, 5) is 16.4. The summed E-state index contributed by atoms with van der Waals surface area (Å²) in [5.74, 6) is 1.32. The van der Waals surface area contributed by atoms with Gasteiger partial charge in [0.05, 0.1) is 11.0 Å². The van der Waals surface area contributed by atoms with Crippen LogP contribution in [0.25, 0.3) is 11.0 Å². The monoisotopic (exact) mass is 315 g/mol. The van der Waals surface area contributed by atoms with Crippen molar-refractivity contribution >= 4 is 16.9 Å². The minimum atomic E-state index is 0.0496. The minimum absolute atomic E-state index is 0.0496. The fourth-order valence-electron chi connectivity index (χ4n) is 2.75. The van der Waals surface area contributed by atoms with E-state index >= 15 is 0 Å². The zero-order valence-electron chi connectivity index (χ0n) is 14.6. The number of amides is 1. The Morgan fingerprint density at radius 1 is 1.22 bits per heavy atom. The van der Waals surface area contributed by atoms with Gasteiger partial charge in [-0.25, -0.2) is 4.98 Å². The molecule has 1 aromatic carbocycles. The molecule has 4 heteroatoms. The van der Waals surface area contributed by atoms with E-state index in [9.17, 15) is 4.79 Å². The number of benzene rings is 1. The number of aromatic nitrogens is 2. The lowest BCUT2D eigenvalue weighted by atomic mass is 10.2. The molecule has 1 heterocycles. The molecule has 0 radical (unpaired) electrons. The third kappa shape index (κ3) is 4.81. The van der Waals surface area contributed by atoms with Gasteiger partial charge in [-0.15, -0.1) is 0 Å². The molecule has 0 atom stereocenters. The highest BCUT2D eigenvalue weighted by molar-refractivity contribution is 5.77. The van der Waals surface area contributed by atoms with E-state index in [4.69, 9.17) is 4.98 Å². The summed E-state index contributed by atoms with van der Waals surface area (Å²) in [5.41, 5.74) is 2.30. The first-order valence-corrected chi connectivity index (χ1v) is 8.85. The van der Waals surface area contributed by atoms with Crippen molar-refractivity contribution in [2.24, 2.45) is 5.92 Å². The van der Waals surface area contributed by atoms with Crippen molar-refractivity contribution < 1.29 is 4.79 Å². The average Bonchev–Trinajstić information content (AvgIpc) is 2.89. The van der Waals surface area contributed by atoms with Gasteiger partial charge in [0.1, 0.15) is 5.82 Å². The van der Waals surface area contributed by atoms with Crippen LogP contribution in [0.1, 0.15) is 52.3 Å². The fourth-order valence-corrected chi connectivity index (χ4v) is 2.75. The maximum atomic E-state index is 11.6. The van der Waals surface area contributed by atoms with Crippen molar-refractivity contribution in [3.8, 4) is 0 Å². The maximum Gasteiger partial charge on any atom is 0.222 e. The fraction of sp³-hybridized carbons (Fsp3) is 0.579. The van der Waals surface area contributed by atoms with Crippen molar-refractivity contribution in [1.82, 2.24) is 14.9 Å². The van der Waals surface area contributed by atoms with Gasteiger partial charge in [0, 0.05) is 25.4 Å². The third-order valence-corrected chi connectivity index (χ3v) is 4.12. The number of nitrogens with one attached hydrogen (secondary N) is 1. The molecule has 0 saturated carbocycles. The number of aryl methyl sites for hydroxylation is 2. The molecule has 0 bridgehead atoms. The molecule has 0 aliphatic carbocycles. The second kappa shape index (κ2) is 8.70. The van der Waals surface area contributed by atoms with Crippen LogP contribution in [-0.4, -0.2) is 22.0 Å². The first-order valence-electron chi connectivity index (χ1n) is 8.85. The Balaban J connectivity index is 2.00. The zero-order chi connectivity index (χ0) is 16.7. The molecule has 1 N–H and O–H groups in total. The smallest absolute Gasteiger partial charge is 0.222 e. The largest absolute Gasteiger partial charge is 0.356 e. The predicted molar refractivity (Wildman–Crippen MR) is 95.4 cm³/mol.